The van der Waals surface area contributed by atoms with Crippen LogP contribution in [0.25, 0.3) is 11.3 Å². The second kappa shape index (κ2) is 7.35. The molecule has 1 aromatic heterocycles. The molecule has 0 amide bonds. The SMILES string of the molecule is CCOC(=O)C(CC)n1nc(-c2cccc(Br)c2)ccc1=O. The molecule has 0 aliphatic carbocycles. The van der Waals surface area contributed by atoms with Gasteiger partial charge in [-0.2, -0.15) is 5.10 Å². The van der Waals surface area contributed by atoms with Gasteiger partial charge in [0.15, 0.2) is 6.04 Å². The maximum atomic E-state index is 12.1. The lowest BCUT2D eigenvalue weighted by molar-refractivity contribution is -0.147. The molecule has 1 unspecified atom stereocenters. The summed E-state index contributed by atoms with van der Waals surface area (Å²) in [4.78, 5) is 24.1. The Morgan fingerprint density at radius 1 is 1.32 bits per heavy atom. The molecular weight excluding hydrogens is 348 g/mol. The highest BCUT2D eigenvalue weighted by atomic mass is 79.9. The molecule has 0 saturated heterocycles. The van der Waals surface area contributed by atoms with Crippen molar-refractivity contribution in [1.29, 1.82) is 0 Å². The summed E-state index contributed by atoms with van der Waals surface area (Å²) in [5.41, 5.74) is 1.17. The lowest BCUT2D eigenvalue weighted by atomic mass is 10.1. The van der Waals surface area contributed by atoms with Crippen molar-refractivity contribution in [3.05, 3.63) is 51.2 Å². The van der Waals surface area contributed by atoms with E-state index < -0.39 is 12.0 Å². The largest absolute Gasteiger partial charge is 0.464 e. The lowest BCUT2D eigenvalue weighted by Crippen LogP contribution is -2.32. The van der Waals surface area contributed by atoms with Gasteiger partial charge in [0, 0.05) is 16.1 Å². The van der Waals surface area contributed by atoms with Crippen LogP contribution in [0.2, 0.25) is 0 Å². The molecule has 22 heavy (non-hydrogen) atoms. The summed E-state index contributed by atoms with van der Waals surface area (Å²) >= 11 is 3.41. The van der Waals surface area contributed by atoms with Crippen molar-refractivity contribution >= 4 is 21.9 Å². The topological polar surface area (TPSA) is 61.2 Å². The number of ether oxygens (including phenoxy) is 1. The third-order valence-corrected chi connectivity index (χ3v) is 3.68. The van der Waals surface area contributed by atoms with Crippen LogP contribution in [0, 0.1) is 0 Å². The number of esters is 1. The van der Waals surface area contributed by atoms with Crippen LogP contribution in [0.5, 0.6) is 0 Å². The molecule has 0 saturated carbocycles. The van der Waals surface area contributed by atoms with Gasteiger partial charge in [-0.3, -0.25) is 4.79 Å². The first-order valence-electron chi connectivity index (χ1n) is 7.09. The Morgan fingerprint density at radius 3 is 2.73 bits per heavy atom. The molecule has 0 aliphatic rings. The average Bonchev–Trinajstić information content (AvgIpc) is 2.50. The predicted molar refractivity (Wildman–Crippen MR) is 87.6 cm³/mol. The lowest BCUT2D eigenvalue weighted by Gasteiger charge is -2.16. The zero-order valence-electron chi connectivity index (χ0n) is 12.5. The van der Waals surface area contributed by atoms with E-state index in [1.54, 1.807) is 13.0 Å². The normalized spacial score (nSPS) is 12.0. The molecule has 0 N–H and O–H groups in total. The van der Waals surface area contributed by atoms with Gasteiger partial charge in [-0.15, -0.1) is 0 Å². The summed E-state index contributed by atoms with van der Waals surface area (Å²) < 4.78 is 7.14. The zero-order chi connectivity index (χ0) is 16.1. The summed E-state index contributed by atoms with van der Waals surface area (Å²) in [5, 5.41) is 4.34. The number of halogens is 1. The number of hydrogen-bond donors (Lipinski definition) is 0. The molecule has 1 atom stereocenters. The number of carbonyl (C=O) groups is 1. The summed E-state index contributed by atoms with van der Waals surface area (Å²) in [6.45, 7) is 3.83. The molecule has 0 spiro atoms. The van der Waals surface area contributed by atoms with Gasteiger partial charge >= 0.3 is 5.97 Å². The van der Waals surface area contributed by atoms with E-state index in [1.165, 1.54) is 10.7 Å². The molecule has 1 heterocycles. The van der Waals surface area contributed by atoms with Gasteiger partial charge in [-0.05, 0) is 31.5 Å². The van der Waals surface area contributed by atoms with Crippen molar-refractivity contribution in [2.24, 2.45) is 0 Å². The molecule has 1 aromatic carbocycles. The predicted octanol–water partition coefficient (Wildman–Crippen LogP) is 3.19. The van der Waals surface area contributed by atoms with Gasteiger partial charge in [0.2, 0.25) is 0 Å². The van der Waals surface area contributed by atoms with E-state index in [2.05, 4.69) is 21.0 Å². The Hall–Kier alpha value is -1.95. The van der Waals surface area contributed by atoms with Gasteiger partial charge < -0.3 is 4.74 Å². The Kier molecular flexibility index (Phi) is 5.49. The molecule has 0 aliphatic heterocycles. The summed E-state index contributed by atoms with van der Waals surface area (Å²) in [7, 11) is 0. The van der Waals surface area contributed by atoms with Crippen molar-refractivity contribution in [2.75, 3.05) is 6.61 Å². The second-order valence-electron chi connectivity index (χ2n) is 4.69. The van der Waals surface area contributed by atoms with E-state index in [-0.39, 0.29) is 12.2 Å². The number of rotatable bonds is 5. The van der Waals surface area contributed by atoms with Crippen molar-refractivity contribution in [3.8, 4) is 11.3 Å². The first kappa shape index (κ1) is 16.4. The van der Waals surface area contributed by atoms with Gasteiger partial charge in [-0.1, -0.05) is 35.0 Å². The molecule has 0 fully saturated rings. The van der Waals surface area contributed by atoms with Gasteiger partial charge in [0.25, 0.3) is 5.56 Å². The fraction of sp³-hybridized carbons (Fsp3) is 0.312. The van der Waals surface area contributed by atoms with E-state index in [1.807, 2.05) is 31.2 Å². The van der Waals surface area contributed by atoms with Crippen molar-refractivity contribution in [3.63, 3.8) is 0 Å². The average molecular weight is 365 g/mol. The van der Waals surface area contributed by atoms with Crippen LogP contribution in [-0.2, 0) is 9.53 Å². The molecule has 116 valence electrons. The standard InChI is InChI=1S/C16H17BrN2O3/c1-3-14(16(21)22-4-2)19-15(20)9-8-13(18-19)11-6-5-7-12(17)10-11/h5-10,14H,3-4H2,1-2H3. The molecule has 5 nitrogen and oxygen atoms in total. The quantitative estimate of drug-likeness (QED) is 0.764. The van der Waals surface area contributed by atoms with E-state index >= 15 is 0 Å². The van der Waals surface area contributed by atoms with Crippen LogP contribution < -0.4 is 5.56 Å². The maximum Gasteiger partial charge on any atom is 0.331 e. The van der Waals surface area contributed by atoms with Crippen LogP contribution in [0.15, 0.2) is 45.7 Å². The Morgan fingerprint density at radius 2 is 2.09 bits per heavy atom. The van der Waals surface area contributed by atoms with E-state index in [0.29, 0.717) is 12.1 Å². The molecule has 6 heteroatoms. The van der Waals surface area contributed by atoms with Gasteiger partial charge in [0.1, 0.15) is 0 Å². The highest BCUT2D eigenvalue weighted by molar-refractivity contribution is 9.10. The second-order valence-corrected chi connectivity index (χ2v) is 5.60. The highest BCUT2D eigenvalue weighted by Gasteiger charge is 2.22. The maximum absolute atomic E-state index is 12.1. The molecule has 0 radical (unpaired) electrons. The number of carbonyl (C=O) groups excluding carboxylic acids is 1. The van der Waals surface area contributed by atoms with Crippen molar-refractivity contribution in [2.45, 2.75) is 26.3 Å². The summed E-state index contributed by atoms with van der Waals surface area (Å²) in [6, 6.07) is 9.96. The number of nitrogens with zero attached hydrogens (tertiary/aromatic N) is 2. The first-order valence-corrected chi connectivity index (χ1v) is 7.88. The Bertz CT molecular complexity index is 727. The number of aromatic nitrogens is 2. The Labute approximate surface area is 137 Å². The number of hydrogen-bond acceptors (Lipinski definition) is 4. The monoisotopic (exact) mass is 364 g/mol. The zero-order valence-corrected chi connectivity index (χ0v) is 14.0. The minimum Gasteiger partial charge on any atom is -0.464 e. The van der Waals surface area contributed by atoms with E-state index in [9.17, 15) is 9.59 Å². The van der Waals surface area contributed by atoms with Crippen LogP contribution in [0.4, 0.5) is 0 Å². The van der Waals surface area contributed by atoms with Crippen molar-refractivity contribution < 1.29 is 9.53 Å². The van der Waals surface area contributed by atoms with E-state index in [0.717, 1.165) is 10.0 Å². The highest BCUT2D eigenvalue weighted by Crippen LogP contribution is 2.21. The van der Waals surface area contributed by atoms with Gasteiger partial charge in [-0.25, -0.2) is 9.48 Å². The summed E-state index contributed by atoms with van der Waals surface area (Å²) in [5.74, 6) is -0.439. The third-order valence-electron chi connectivity index (χ3n) is 3.19. The number of benzene rings is 1. The first-order chi connectivity index (χ1) is 10.6. The van der Waals surface area contributed by atoms with Gasteiger partial charge in [0.05, 0.1) is 12.3 Å². The fourth-order valence-corrected chi connectivity index (χ4v) is 2.53. The minimum absolute atomic E-state index is 0.273. The molecule has 2 aromatic rings. The Balaban J connectivity index is 2.46. The summed E-state index contributed by atoms with van der Waals surface area (Å²) in [6.07, 6.45) is 0.438. The minimum atomic E-state index is -0.709. The van der Waals surface area contributed by atoms with Crippen LogP contribution in [-0.4, -0.2) is 22.4 Å². The van der Waals surface area contributed by atoms with Crippen LogP contribution in [0.3, 0.4) is 0 Å². The molecular formula is C16H17BrN2O3. The van der Waals surface area contributed by atoms with Crippen molar-refractivity contribution in [1.82, 2.24) is 9.78 Å². The fourth-order valence-electron chi connectivity index (χ4n) is 2.13. The van der Waals surface area contributed by atoms with Crippen LogP contribution in [0.1, 0.15) is 26.3 Å². The third kappa shape index (κ3) is 3.62. The van der Waals surface area contributed by atoms with E-state index in [4.69, 9.17) is 4.74 Å². The molecule has 2 rings (SSSR count). The van der Waals surface area contributed by atoms with Crippen LogP contribution >= 0.6 is 15.9 Å². The smallest absolute Gasteiger partial charge is 0.331 e. The molecule has 0 bridgehead atoms.